The molecule has 2 aromatic rings. The first kappa shape index (κ1) is 25.6. The zero-order valence-corrected chi connectivity index (χ0v) is 21.8. The molecule has 0 aliphatic carbocycles. The van der Waals surface area contributed by atoms with Crippen LogP contribution in [-0.4, -0.2) is 43.9 Å². The van der Waals surface area contributed by atoms with E-state index in [-0.39, 0.29) is 12.7 Å². The summed E-state index contributed by atoms with van der Waals surface area (Å²) >= 11 is 7.00. The molecule has 32 heavy (non-hydrogen) atoms. The lowest BCUT2D eigenvalue weighted by atomic mass is 9.95. The lowest BCUT2D eigenvalue weighted by Gasteiger charge is -2.32. The molecule has 1 heterocycles. The predicted molar refractivity (Wildman–Crippen MR) is 132 cm³/mol. The molecule has 2 aromatic carbocycles. The van der Waals surface area contributed by atoms with Crippen molar-refractivity contribution >= 4 is 31.9 Å². The lowest BCUT2D eigenvalue weighted by Crippen LogP contribution is -2.47. The molecule has 1 saturated heterocycles. The Balaban J connectivity index is 1.86. The summed E-state index contributed by atoms with van der Waals surface area (Å²) in [7, 11) is 1.65. The molecule has 174 valence electrons. The van der Waals surface area contributed by atoms with Crippen molar-refractivity contribution in [2.75, 3.05) is 13.7 Å². The molecule has 1 fully saturated rings. The highest BCUT2D eigenvalue weighted by Crippen LogP contribution is 2.40. The number of ether oxygens (including phenoxy) is 5. The summed E-state index contributed by atoms with van der Waals surface area (Å²) in [6.07, 6.45) is 0.388. The number of hydrogen-bond acceptors (Lipinski definition) is 5. The number of halogens is 2. The van der Waals surface area contributed by atoms with Crippen LogP contribution in [0.2, 0.25) is 0 Å². The standard InChI is InChI=1S/C25H30Br2O5/c1-18(2)31-24-22(28-3)23(30-16-20-12-8-5-9-13-20)25(32-24,14-21(26)27)17-29-15-19-10-6-4-7-11-19/h4-14,18,22-24H,15-17H2,1-3H3/t22-,23?,24?,25?/m0/s1. The van der Waals surface area contributed by atoms with Crippen molar-refractivity contribution < 1.29 is 23.7 Å². The molecular weight excluding hydrogens is 540 g/mol. The number of rotatable bonds is 11. The van der Waals surface area contributed by atoms with Gasteiger partial charge in [0.05, 0.1) is 29.3 Å². The molecular formula is C25H30Br2O5. The van der Waals surface area contributed by atoms with Crippen molar-refractivity contribution in [3.8, 4) is 0 Å². The summed E-state index contributed by atoms with van der Waals surface area (Å²) in [6.45, 7) is 5.08. The summed E-state index contributed by atoms with van der Waals surface area (Å²) in [4.78, 5) is 0. The normalized spacial score (nSPS) is 25.2. The molecule has 0 spiro atoms. The maximum atomic E-state index is 6.48. The van der Waals surface area contributed by atoms with Crippen molar-refractivity contribution in [3.63, 3.8) is 0 Å². The Hall–Kier alpha value is -1.06. The van der Waals surface area contributed by atoms with E-state index in [1.807, 2.05) is 80.6 Å². The zero-order chi connectivity index (χ0) is 23.0. The van der Waals surface area contributed by atoms with Crippen LogP contribution in [0.25, 0.3) is 0 Å². The highest BCUT2D eigenvalue weighted by molar-refractivity contribution is 9.28. The van der Waals surface area contributed by atoms with Gasteiger partial charge < -0.3 is 23.7 Å². The number of hydrogen-bond donors (Lipinski definition) is 0. The fourth-order valence-electron chi connectivity index (χ4n) is 3.74. The van der Waals surface area contributed by atoms with Crippen molar-refractivity contribution in [1.29, 1.82) is 0 Å². The number of benzene rings is 2. The molecule has 0 bridgehead atoms. The second-order valence-electron chi connectivity index (χ2n) is 7.96. The third-order valence-corrected chi connectivity index (χ3v) is 5.59. The van der Waals surface area contributed by atoms with Crippen LogP contribution >= 0.6 is 31.9 Å². The molecule has 0 N–H and O–H groups in total. The van der Waals surface area contributed by atoms with E-state index < -0.39 is 24.1 Å². The minimum absolute atomic E-state index is 0.0372. The minimum atomic E-state index is -0.924. The van der Waals surface area contributed by atoms with Crippen molar-refractivity contribution in [3.05, 3.63) is 81.3 Å². The SMILES string of the molecule is CO[C@@H]1C(OC(C)C)OC(C=C(Br)Br)(COCc2ccccc2)C1OCc1ccccc1. The molecule has 1 aliphatic heterocycles. The Morgan fingerprint density at radius 3 is 2.12 bits per heavy atom. The van der Waals surface area contributed by atoms with E-state index in [2.05, 4.69) is 31.9 Å². The second-order valence-corrected chi connectivity index (χ2v) is 10.7. The van der Waals surface area contributed by atoms with Crippen LogP contribution in [0.5, 0.6) is 0 Å². The van der Waals surface area contributed by atoms with Crippen molar-refractivity contribution in [2.24, 2.45) is 0 Å². The third kappa shape index (κ3) is 6.97. The minimum Gasteiger partial charge on any atom is -0.373 e. The van der Waals surface area contributed by atoms with Crippen LogP contribution < -0.4 is 0 Å². The van der Waals surface area contributed by atoms with Gasteiger partial charge in [0.2, 0.25) is 0 Å². The van der Waals surface area contributed by atoms with Gasteiger partial charge in [0.15, 0.2) is 6.29 Å². The maximum absolute atomic E-state index is 6.48. The Labute approximate surface area is 207 Å². The Morgan fingerprint density at radius 2 is 1.59 bits per heavy atom. The molecule has 0 aromatic heterocycles. The Kier molecular flexibility index (Phi) is 9.92. The quantitative estimate of drug-likeness (QED) is 0.334. The van der Waals surface area contributed by atoms with Gasteiger partial charge in [-0.25, -0.2) is 0 Å². The van der Waals surface area contributed by atoms with Crippen LogP contribution in [0.15, 0.2) is 70.1 Å². The molecule has 0 saturated carbocycles. The van der Waals surface area contributed by atoms with E-state index in [0.29, 0.717) is 13.2 Å². The first-order valence-electron chi connectivity index (χ1n) is 10.6. The molecule has 3 unspecified atom stereocenters. The van der Waals surface area contributed by atoms with Crippen LogP contribution in [0, 0.1) is 0 Å². The van der Waals surface area contributed by atoms with Crippen LogP contribution in [0.3, 0.4) is 0 Å². The molecule has 1 aliphatic rings. The van der Waals surface area contributed by atoms with Gasteiger partial charge in [0.25, 0.3) is 0 Å². The Bertz CT molecular complexity index is 842. The van der Waals surface area contributed by atoms with E-state index in [1.165, 1.54) is 0 Å². The van der Waals surface area contributed by atoms with Crippen LogP contribution in [0.4, 0.5) is 0 Å². The summed E-state index contributed by atoms with van der Waals surface area (Å²) in [5.74, 6) is 0. The first-order valence-corrected chi connectivity index (χ1v) is 12.2. The lowest BCUT2D eigenvalue weighted by molar-refractivity contribution is -0.208. The molecule has 3 rings (SSSR count). The fraction of sp³-hybridized carbons (Fsp3) is 0.440. The van der Waals surface area contributed by atoms with Gasteiger partial charge in [0, 0.05) is 7.11 Å². The van der Waals surface area contributed by atoms with Crippen LogP contribution in [0.1, 0.15) is 25.0 Å². The number of methoxy groups -OCH3 is 1. The third-order valence-electron chi connectivity index (χ3n) is 5.13. The molecule has 4 atom stereocenters. The largest absolute Gasteiger partial charge is 0.373 e. The Morgan fingerprint density at radius 1 is 1.00 bits per heavy atom. The van der Waals surface area contributed by atoms with Gasteiger partial charge >= 0.3 is 0 Å². The monoisotopic (exact) mass is 568 g/mol. The van der Waals surface area contributed by atoms with Gasteiger partial charge in [-0.1, -0.05) is 60.7 Å². The average Bonchev–Trinajstić information content (AvgIpc) is 3.04. The molecule has 0 amide bonds. The van der Waals surface area contributed by atoms with Crippen molar-refractivity contribution in [1.82, 2.24) is 0 Å². The van der Waals surface area contributed by atoms with Gasteiger partial charge in [-0.15, -0.1) is 0 Å². The van der Waals surface area contributed by atoms with E-state index in [9.17, 15) is 0 Å². The predicted octanol–water partition coefficient (Wildman–Crippen LogP) is 5.95. The van der Waals surface area contributed by atoms with Gasteiger partial charge in [-0.3, -0.25) is 0 Å². The molecule has 7 heteroatoms. The van der Waals surface area contributed by atoms with E-state index in [4.69, 9.17) is 23.7 Å². The highest BCUT2D eigenvalue weighted by Gasteiger charge is 2.56. The van der Waals surface area contributed by atoms with E-state index in [0.717, 1.165) is 14.5 Å². The molecule has 0 radical (unpaired) electrons. The summed E-state index contributed by atoms with van der Waals surface area (Å²) in [5, 5.41) is 0. The van der Waals surface area contributed by atoms with Gasteiger partial charge in [-0.2, -0.15) is 0 Å². The summed E-state index contributed by atoms with van der Waals surface area (Å²) in [6, 6.07) is 20.1. The molecule has 5 nitrogen and oxygen atoms in total. The summed E-state index contributed by atoms with van der Waals surface area (Å²) < 4.78 is 31.7. The second kappa shape index (κ2) is 12.4. The first-order chi connectivity index (χ1) is 15.4. The van der Waals surface area contributed by atoms with Crippen LogP contribution in [-0.2, 0) is 36.9 Å². The smallest absolute Gasteiger partial charge is 0.187 e. The van der Waals surface area contributed by atoms with Gasteiger partial charge in [-0.05, 0) is 62.9 Å². The van der Waals surface area contributed by atoms with E-state index >= 15 is 0 Å². The average molecular weight is 570 g/mol. The fourth-order valence-corrected chi connectivity index (χ4v) is 4.51. The summed E-state index contributed by atoms with van der Waals surface area (Å²) in [5.41, 5.74) is 1.23. The maximum Gasteiger partial charge on any atom is 0.187 e. The zero-order valence-electron chi connectivity index (χ0n) is 18.6. The topological polar surface area (TPSA) is 46.2 Å². The highest BCUT2D eigenvalue weighted by atomic mass is 79.9. The van der Waals surface area contributed by atoms with Gasteiger partial charge in [0.1, 0.15) is 17.8 Å². The van der Waals surface area contributed by atoms with Crippen molar-refractivity contribution in [2.45, 2.75) is 57.3 Å². The van der Waals surface area contributed by atoms with E-state index in [1.54, 1.807) is 7.11 Å².